The van der Waals surface area contributed by atoms with Crippen LogP contribution < -0.4 is 10.3 Å². The van der Waals surface area contributed by atoms with E-state index in [1.54, 1.807) is 23.1 Å². The van der Waals surface area contributed by atoms with Crippen molar-refractivity contribution in [3.05, 3.63) is 52.7 Å². The summed E-state index contributed by atoms with van der Waals surface area (Å²) < 4.78 is 5.93. The lowest BCUT2D eigenvalue weighted by atomic mass is 10.1. The van der Waals surface area contributed by atoms with Gasteiger partial charge in [0, 0.05) is 41.7 Å². The van der Waals surface area contributed by atoms with Crippen LogP contribution in [0.1, 0.15) is 12.8 Å². The molecule has 158 valence electrons. The van der Waals surface area contributed by atoms with E-state index in [4.69, 9.17) is 14.6 Å². The molecule has 4 aromatic rings. The minimum Gasteiger partial charge on any atom is -0.507 e. The number of fused-ring (bicyclic) bond motifs is 4. The number of carboxylic acids is 2. The normalized spacial score (nSPS) is 11.2. The maximum atomic E-state index is 11.8. The number of aromatic nitrogens is 1. The van der Waals surface area contributed by atoms with E-state index in [2.05, 4.69) is 4.98 Å². The summed E-state index contributed by atoms with van der Waals surface area (Å²) in [5, 5.41) is 29.3. The number of carboxylic acid groups (broad SMARTS) is 2. The first-order chi connectivity index (χ1) is 14.8. The highest BCUT2D eigenvalue weighted by atomic mass is 16.4. The average Bonchev–Trinajstić information content (AvgIpc) is 2.72. The molecule has 0 aliphatic heterocycles. The molecular weight excluding hydrogens is 404 g/mol. The summed E-state index contributed by atoms with van der Waals surface area (Å²) in [6.45, 7) is 0.264. The van der Waals surface area contributed by atoms with Crippen LogP contribution in [0.5, 0.6) is 5.75 Å². The molecule has 0 amide bonds. The summed E-state index contributed by atoms with van der Waals surface area (Å²) in [6.07, 6.45) is -0.301. The van der Waals surface area contributed by atoms with Gasteiger partial charge in [0.25, 0.3) is 0 Å². The second-order valence-electron chi connectivity index (χ2n) is 7.09. The van der Waals surface area contributed by atoms with Crippen LogP contribution in [0.2, 0.25) is 0 Å². The highest BCUT2D eigenvalue weighted by molar-refractivity contribution is 6.07. The number of rotatable bonds is 7. The summed E-state index contributed by atoms with van der Waals surface area (Å²) in [5.74, 6) is -2.02. The fourth-order valence-electron chi connectivity index (χ4n) is 3.48. The molecule has 1 aromatic heterocycles. The van der Waals surface area contributed by atoms with Gasteiger partial charge in [0.05, 0.1) is 12.8 Å². The van der Waals surface area contributed by atoms with E-state index in [9.17, 15) is 19.5 Å². The minimum atomic E-state index is -0.987. The summed E-state index contributed by atoms with van der Waals surface area (Å²) >= 11 is 0. The van der Waals surface area contributed by atoms with E-state index in [0.717, 1.165) is 0 Å². The van der Waals surface area contributed by atoms with Crippen LogP contribution in [0.3, 0.4) is 0 Å². The molecule has 3 N–H and O–H groups in total. The summed E-state index contributed by atoms with van der Waals surface area (Å²) in [5.41, 5.74) is 1.95. The van der Waals surface area contributed by atoms with Crippen molar-refractivity contribution in [2.45, 2.75) is 12.8 Å². The van der Waals surface area contributed by atoms with Crippen LogP contribution in [0.15, 0.2) is 51.7 Å². The number of benzene rings is 3. The zero-order valence-electron chi connectivity index (χ0n) is 16.2. The first kappa shape index (κ1) is 20.1. The number of anilines is 1. The highest BCUT2D eigenvalue weighted by Gasteiger charge is 2.15. The van der Waals surface area contributed by atoms with Crippen LogP contribution >= 0.6 is 0 Å². The maximum Gasteiger partial charge on any atom is 0.305 e. The zero-order chi connectivity index (χ0) is 22.1. The Morgan fingerprint density at radius 3 is 2.29 bits per heavy atom. The first-order valence-corrected chi connectivity index (χ1v) is 9.51. The third-order valence-electron chi connectivity index (χ3n) is 4.98. The topological polar surface area (TPSA) is 141 Å². The lowest BCUT2D eigenvalue weighted by Crippen LogP contribution is -2.28. The molecular formula is C22H18N2O7. The molecule has 0 atom stereocenters. The highest BCUT2D eigenvalue weighted by Crippen LogP contribution is 2.33. The Labute approximate surface area is 174 Å². The number of phenolic OH excluding ortho intramolecular Hbond substituents is 1. The monoisotopic (exact) mass is 422 g/mol. The third kappa shape index (κ3) is 4.11. The van der Waals surface area contributed by atoms with E-state index < -0.39 is 11.9 Å². The van der Waals surface area contributed by atoms with Crippen LogP contribution in [0.4, 0.5) is 5.69 Å². The Hall–Kier alpha value is -4.14. The van der Waals surface area contributed by atoms with Gasteiger partial charge in [-0.1, -0.05) is 0 Å². The molecule has 0 aliphatic carbocycles. The van der Waals surface area contributed by atoms with Crippen molar-refractivity contribution in [1.29, 1.82) is 0 Å². The van der Waals surface area contributed by atoms with Gasteiger partial charge in [0.15, 0.2) is 16.6 Å². The first-order valence-electron chi connectivity index (χ1n) is 9.51. The second-order valence-corrected chi connectivity index (χ2v) is 7.09. The van der Waals surface area contributed by atoms with Crippen molar-refractivity contribution in [1.82, 2.24) is 4.98 Å². The fourth-order valence-corrected chi connectivity index (χ4v) is 3.48. The molecule has 0 bridgehead atoms. The van der Waals surface area contributed by atoms with Gasteiger partial charge in [-0.2, -0.15) is 0 Å². The third-order valence-corrected chi connectivity index (χ3v) is 4.98. The minimum absolute atomic E-state index is 0.0481. The molecule has 0 saturated carbocycles. The van der Waals surface area contributed by atoms with Crippen molar-refractivity contribution in [3.8, 4) is 5.75 Å². The lowest BCUT2D eigenvalue weighted by Gasteiger charge is -2.23. The molecule has 0 saturated heterocycles. The van der Waals surface area contributed by atoms with E-state index in [0.29, 0.717) is 33.1 Å². The van der Waals surface area contributed by atoms with Crippen molar-refractivity contribution in [2.24, 2.45) is 0 Å². The standard InChI is InChI=1S/C22H18N2O7/c25-13-2-3-14-15(10-13)22-19(11-17(14)26)31-18-9-12(1-4-16(18)23-22)24(7-5-20(27)28)8-6-21(29)30/h1-4,9-11,26H,5-8H2,(H,27,28)(H,29,30). The largest absolute Gasteiger partial charge is 0.507 e. The van der Waals surface area contributed by atoms with E-state index in [1.165, 1.54) is 24.3 Å². The Kier molecular flexibility index (Phi) is 5.16. The Morgan fingerprint density at radius 2 is 1.61 bits per heavy atom. The Bertz CT molecular complexity index is 1380. The van der Waals surface area contributed by atoms with Crippen LogP contribution in [0.25, 0.3) is 33.0 Å². The van der Waals surface area contributed by atoms with Crippen LogP contribution in [-0.4, -0.2) is 45.3 Å². The number of aromatic hydroxyl groups is 1. The van der Waals surface area contributed by atoms with Gasteiger partial charge in [-0.15, -0.1) is 0 Å². The van der Waals surface area contributed by atoms with Crippen LogP contribution in [0, 0.1) is 0 Å². The number of carbonyl (C=O) groups is 2. The predicted octanol–water partition coefficient (Wildman–Crippen LogP) is 2.96. The fraction of sp³-hybridized carbons (Fsp3) is 0.182. The molecule has 0 spiro atoms. The number of hydrogen-bond donors (Lipinski definition) is 3. The molecule has 9 heteroatoms. The van der Waals surface area contributed by atoms with E-state index in [1.807, 2.05) is 0 Å². The van der Waals surface area contributed by atoms with E-state index >= 15 is 0 Å². The number of nitrogens with zero attached hydrogens (tertiary/aromatic N) is 2. The molecule has 3 aromatic carbocycles. The van der Waals surface area contributed by atoms with Gasteiger partial charge in [-0.25, -0.2) is 4.98 Å². The van der Waals surface area contributed by atoms with Crippen molar-refractivity contribution in [2.75, 3.05) is 18.0 Å². The second kappa shape index (κ2) is 7.94. The number of phenols is 1. The summed E-state index contributed by atoms with van der Waals surface area (Å²) in [4.78, 5) is 40.0. The lowest BCUT2D eigenvalue weighted by molar-refractivity contribution is -0.137. The summed E-state index contributed by atoms with van der Waals surface area (Å²) in [6, 6.07) is 10.7. The van der Waals surface area contributed by atoms with Crippen molar-refractivity contribution < 1.29 is 29.3 Å². The number of hydrogen-bond acceptors (Lipinski definition) is 7. The Balaban J connectivity index is 1.83. The predicted molar refractivity (Wildman–Crippen MR) is 114 cm³/mol. The zero-order valence-corrected chi connectivity index (χ0v) is 16.2. The van der Waals surface area contributed by atoms with Gasteiger partial charge in [-0.05, 0) is 30.3 Å². The van der Waals surface area contributed by atoms with E-state index in [-0.39, 0.29) is 42.7 Å². The number of aliphatic carboxylic acids is 2. The quantitative estimate of drug-likeness (QED) is 0.303. The molecule has 0 aliphatic rings. The molecule has 0 radical (unpaired) electrons. The van der Waals surface area contributed by atoms with Gasteiger partial charge in [-0.3, -0.25) is 14.4 Å². The van der Waals surface area contributed by atoms with Gasteiger partial charge < -0.3 is 24.6 Å². The van der Waals surface area contributed by atoms with Gasteiger partial charge in [0.2, 0.25) is 0 Å². The molecule has 4 rings (SSSR count). The van der Waals surface area contributed by atoms with Crippen LogP contribution in [-0.2, 0) is 9.59 Å². The molecule has 0 unspecified atom stereocenters. The SMILES string of the molecule is O=C(O)CCN(CCC(=O)O)c1ccc2nc3c(cc(O)c4ccc(=O)cc43)oc2c1. The molecule has 1 heterocycles. The van der Waals surface area contributed by atoms with Gasteiger partial charge in [0.1, 0.15) is 16.8 Å². The molecule has 31 heavy (non-hydrogen) atoms. The molecule has 9 nitrogen and oxygen atoms in total. The smallest absolute Gasteiger partial charge is 0.305 e. The van der Waals surface area contributed by atoms with Crippen molar-refractivity contribution in [3.63, 3.8) is 0 Å². The Morgan fingerprint density at radius 1 is 0.903 bits per heavy atom. The molecule has 0 fully saturated rings. The van der Waals surface area contributed by atoms with Crippen molar-refractivity contribution >= 4 is 50.6 Å². The summed E-state index contributed by atoms with van der Waals surface area (Å²) in [7, 11) is 0. The van der Waals surface area contributed by atoms with Gasteiger partial charge >= 0.3 is 11.9 Å². The maximum absolute atomic E-state index is 11.8. The average molecular weight is 422 g/mol.